The minimum atomic E-state index is -3.88. The fourth-order valence-electron chi connectivity index (χ4n) is 5.00. The third-order valence-corrected chi connectivity index (χ3v) is 8.50. The average Bonchev–Trinajstić information content (AvgIpc) is 2.92. The number of para-hydroxylation sites is 1. The van der Waals surface area contributed by atoms with Gasteiger partial charge in [0.25, 0.3) is 15.9 Å². The second-order valence-electron chi connectivity index (χ2n) is 9.55. The molecule has 7 nitrogen and oxygen atoms in total. The monoisotopic (exact) mass is 532 g/mol. The summed E-state index contributed by atoms with van der Waals surface area (Å²) in [6, 6.07) is 21.6. The Morgan fingerprint density at radius 1 is 1.00 bits per heavy atom. The van der Waals surface area contributed by atoms with Crippen molar-refractivity contribution in [3.63, 3.8) is 0 Å². The van der Waals surface area contributed by atoms with E-state index in [0.717, 1.165) is 5.39 Å². The van der Waals surface area contributed by atoms with Gasteiger partial charge in [0, 0.05) is 60.1 Å². The number of sulfonamides is 1. The van der Waals surface area contributed by atoms with Crippen LogP contribution in [0.15, 0.2) is 90.0 Å². The number of rotatable bonds is 6. The summed E-state index contributed by atoms with van der Waals surface area (Å²) in [5.74, 6) is -0.345. The Morgan fingerprint density at radius 3 is 2.47 bits per heavy atom. The van der Waals surface area contributed by atoms with Crippen LogP contribution in [0.3, 0.4) is 0 Å². The van der Waals surface area contributed by atoms with Crippen LogP contribution in [0.1, 0.15) is 35.8 Å². The number of hydrogen-bond acceptors (Lipinski definition) is 5. The second-order valence-corrected chi connectivity index (χ2v) is 11.2. The van der Waals surface area contributed by atoms with Crippen molar-refractivity contribution in [1.82, 2.24) is 14.8 Å². The quantitative estimate of drug-likeness (QED) is 0.374. The van der Waals surface area contributed by atoms with E-state index >= 15 is 0 Å². The number of pyridine rings is 1. The maximum Gasteiger partial charge on any atom is 0.264 e. The highest BCUT2D eigenvalue weighted by Crippen LogP contribution is 2.27. The fraction of sp³-hybridized carbons (Fsp3) is 0.241. The highest BCUT2D eigenvalue weighted by molar-refractivity contribution is 7.93. The lowest BCUT2D eigenvalue weighted by Gasteiger charge is -2.42. The van der Waals surface area contributed by atoms with Crippen LogP contribution in [0.4, 0.5) is 10.1 Å². The van der Waals surface area contributed by atoms with Crippen molar-refractivity contribution in [2.24, 2.45) is 0 Å². The van der Waals surface area contributed by atoms with Crippen molar-refractivity contribution in [3.8, 4) is 0 Å². The molecule has 2 heterocycles. The summed E-state index contributed by atoms with van der Waals surface area (Å²) in [5, 5.41) is 0.730. The smallest absolute Gasteiger partial charge is 0.264 e. The summed E-state index contributed by atoms with van der Waals surface area (Å²) in [6.07, 6.45) is 1.56. The minimum Gasteiger partial charge on any atom is -0.333 e. The van der Waals surface area contributed by atoms with Gasteiger partial charge in [0.1, 0.15) is 10.7 Å². The molecule has 0 spiro atoms. The molecule has 1 aliphatic rings. The number of amides is 1. The maximum atomic E-state index is 14.3. The zero-order valence-electron chi connectivity index (χ0n) is 21.2. The number of hydrogen-bond donors (Lipinski definition) is 1. The summed E-state index contributed by atoms with van der Waals surface area (Å²) in [5.41, 5.74) is 1.87. The molecule has 196 valence electrons. The number of fused-ring (bicyclic) bond motifs is 1. The molecular formula is C29H29FN4O3S. The summed E-state index contributed by atoms with van der Waals surface area (Å²) < 4.78 is 43.0. The number of anilines is 1. The third kappa shape index (κ3) is 5.12. The maximum absolute atomic E-state index is 14.3. The zero-order chi connectivity index (χ0) is 26.9. The zero-order valence-corrected chi connectivity index (χ0v) is 22.0. The van der Waals surface area contributed by atoms with Gasteiger partial charge in [-0.25, -0.2) is 12.8 Å². The molecule has 1 aliphatic heterocycles. The van der Waals surface area contributed by atoms with Crippen molar-refractivity contribution >= 4 is 32.5 Å². The molecule has 38 heavy (non-hydrogen) atoms. The molecule has 5 rings (SSSR count). The highest BCUT2D eigenvalue weighted by atomic mass is 32.2. The molecule has 2 atom stereocenters. The number of benzene rings is 3. The Hall–Kier alpha value is -3.82. The Balaban J connectivity index is 1.26. The van der Waals surface area contributed by atoms with E-state index in [0.29, 0.717) is 42.0 Å². The van der Waals surface area contributed by atoms with Crippen LogP contribution in [0.5, 0.6) is 0 Å². The van der Waals surface area contributed by atoms with E-state index in [-0.39, 0.29) is 28.7 Å². The van der Waals surface area contributed by atoms with E-state index in [4.69, 9.17) is 0 Å². The molecule has 1 saturated heterocycles. The van der Waals surface area contributed by atoms with Crippen LogP contribution in [-0.4, -0.2) is 54.8 Å². The van der Waals surface area contributed by atoms with Gasteiger partial charge in [-0.15, -0.1) is 0 Å². The molecule has 0 bridgehead atoms. The van der Waals surface area contributed by atoms with Crippen LogP contribution in [-0.2, 0) is 10.0 Å². The predicted octanol–water partition coefficient (Wildman–Crippen LogP) is 5.08. The molecule has 1 fully saturated rings. The SMILES string of the molecule is CC(c1ccccc1F)N1CCN(C(=O)c2ccc(NS(=O)(=O)c3cccc4cccnc34)cc2)[C@H](C)C1. The van der Waals surface area contributed by atoms with Crippen LogP contribution in [0.25, 0.3) is 10.9 Å². The lowest BCUT2D eigenvalue weighted by Crippen LogP contribution is -2.54. The summed E-state index contributed by atoms with van der Waals surface area (Å²) in [7, 11) is -3.88. The highest BCUT2D eigenvalue weighted by Gasteiger charge is 2.31. The van der Waals surface area contributed by atoms with E-state index < -0.39 is 10.0 Å². The molecule has 0 saturated carbocycles. The van der Waals surface area contributed by atoms with Crippen molar-refractivity contribution in [2.45, 2.75) is 30.8 Å². The summed E-state index contributed by atoms with van der Waals surface area (Å²) in [4.78, 5) is 21.6. The number of nitrogens with one attached hydrogen (secondary N) is 1. The van der Waals surface area contributed by atoms with Crippen LogP contribution in [0, 0.1) is 5.82 Å². The van der Waals surface area contributed by atoms with Gasteiger partial charge in [-0.2, -0.15) is 0 Å². The van der Waals surface area contributed by atoms with Gasteiger partial charge in [-0.05, 0) is 56.3 Å². The number of carbonyl (C=O) groups is 1. The van der Waals surface area contributed by atoms with Gasteiger partial charge in [-0.1, -0.05) is 36.4 Å². The lowest BCUT2D eigenvalue weighted by molar-refractivity contribution is 0.0402. The standard InChI is InChI=1S/C29H29FN4O3S/c1-20-19-33(21(2)25-9-3-4-10-26(25)30)17-18-34(20)29(35)23-12-14-24(15-13-23)32-38(36,37)27-11-5-7-22-8-6-16-31-28(22)27/h3-16,20-21,32H,17-19H2,1-2H3/t20-,21?/m1/s1. The fourth-order valence-corrected chi connectivity index (χ4v) is 6.24. The Morgan fingerprint density at radius 2 is 1.74 bits per heavy atom. The van der Waals surface area contributed by atoms with E-state index in [1.807, 2.05) is 36.9 Å². The van der Waals surface area contributed by atoms with Gasteiger partial charge in [0.15, 0.2) is 0 Å². The molecule has 0 aliphatic carbocycles. The van der Waals surface area contributed by atoms with Crippen LogP contribution in [0.2, 0.25) is 0 Å². The Kier molecular flexibility index (Phi) is 7.14. The van der Waals surface area contributed by atoms with Crippen LogP contribution < -0.4 is 4.72 Å². The van der Waals surface area contributed by atoms with Gasteiger partial charge < -0.3 is 4.90 Å². The largest absolute Gasteiger partial charge is 0.333 e. The number of nitrogens with zero attached hydrogens (tertiary/aromatic N) is 3. The third-order valence-electron chi connectivity index (χ3n) is 7.09. The number of carbonyl (C=O) groups excluding carboxylic acids is 1. The van der Waals surface area contributed by atoms with Crippen molar-refractivity contribution in [1.29, 1.82) is 0 Å². The van der Waals surface area contributed by atoms with Crippen molar-refractivity contribution in [2.75, 3.05) is 24.4 Å². The molecule has 1 aromatic heterocycles. The lowest BCUT2D eigenvalue weighted by atomic mass is 10.0. The normalized spacial score (nSPS) is 17.3. The van der Waals surface area contributed by atoms with Gasteiger partial charge >= 0.3 is 0 Å². The molecule has 3 aromatic carbocycles. The van der Waals surface area contributed by atoms with Crippen molar-refractivity contribution in [3.05, 3.63) is 102 Å². The summed E-state index contributed by atoms with van der Waals surface area (Å²) >= 11 is 0. The average molecular weight is 533 g/mol. The first-order chi connectivity index (χ1) is 18.2. The summed E-state index contributed by atoms with van der Waals surface area (Å²) in [6.45, 7) is 5.73. The second kappa shape index (κ2) is 10.5. The topological polar surface area (TPSA) is 82.6 Å². The van der Waals surface area contributed by atoms with Crippen LogP contribution >= 0.6 is 0 Å². The van der Waals surface area contributed by atoms with Gasteiger partial charge in [0.2, 0.25) is 0 Å². The Labute approximate surface area is 222 Å². The van der Waals surface area contributed by atoms with Gasteiger partial charge in [-0.3, -0.25) is 19.4 Å². The van der Waals surface area contributed by atoms with Crippen molar-refractivity contribution < 1.29 is 17.6 Å². The molecule has 1 N–H and O–H groups in total. The number of aromatic nitrogens is 1. The van der Waals surface area contributed by atoms with E-state index in [1.54, 1.807) is 54.7 Å². The first kappa shape index (κ1) is 25.8. The molecule has 1 unspecified atom stereocenters. The van der Waals surface area contributed by atoms with Gasteiger partial charge in [0.05, 0.1) is 5.52 Å². The number of piperazine rings is 1. The van der Waals surface area contributed by atoms with E-state index in [2.05, 4.69) is 14.6 Å². The molecular weight excluding hydrogens is 503 g/mol. The minimum absolute atomic E-state index is 0.0671. The molecule has 1 amide bonds. The predicted molar refractivity (Wildman–Crippen MR) is 146 cm³/mol. The first-order valence-electron chi connectivity index (χ1n) is 12.5. The number of halogens is 1. The molecule has 0 radical (unpaired) electrons. The first-order valence-corrected chi connectivity index (χ1v) is 14.0. The molecule has 9 heteroatoms. The van der Waals surface area contributed by atoms with E-state index in [9.17, 15) is 17.6 Å². The van der Waals surface area contributed by atoms with E-state index in [1.165, 1.54) is 12.1 Å². The Bertz CT molecular complexity index is 1570. The molecule has 4 aromatic rings.